The molecule has 2 rings (SSSR count). The van der Waals surface area contributed by atoms with E-state index in [1.165, 1.54) is 12.8 Å². The highest BCUT2D eigenvalue weighted by Crippen LogP contribution is 2.21. The molecule has 2 heterocycles. The summed E-state index contributed by atoms with van der Waals surface area (Å²) < 4.78 is 1.77. The van der Waals surface area contributed by atoms with Gasteiger partial charge in [-0.2, -0.15) is 0 Å². The molecule has 0 spiro atoms. The van der Waals surface area contributed by atoms with Crippen LogP contribution in [0.25, 0.3) is 0 Å². The van der Waals surface area contributed by atoms with E-state index < -0.39 is 0 Å². The molecule has 0 radical (unpaired) electrons. The third-order valence-corrected chi connectivity index (χ3v) is 3.57. The van der Waals surface area contributed by atoms with Gasteiger partial charge < -0.3 is 0 Å². The molecule has 0 N–H and O–H groups in total. The molecule has 1 aliphatic heterocycles. The van der Waals surface area contributed by atoms with Crippen LogP contribution in [0.3, 0.4) is 0 Å². The molecule has 0 atom stereocenters. The fourth-order valence-electron chi connectivity index (χ4n) is 1.76. The average molecular weight is 224 g/mol. The Morgan fingerprint density at radius 3 is 3.20 bits per heavy atom. The SMILES string of the molecule is CCCCCc1cc(=O)n2c(n1)SCC2. The van der Waals surface area contributed by atoms with E-state index in [4.69, 9.17) is 0 Å². The largest absolute Gasteiger partial charge is 0.287 e. The van der Waals surface area contributed by atoms with Gasteiger partial charge in [-0.25, -0.2) is 4.98 Å². The Morgan fingerprint density at radius 2 is 2.40 bits per heavy atom. The molecule has 0 aromatic carbocycles. The van der Waals surface area contributed by atoms with Crippen molar-refractivity contribution in [3.63, 3.8) is 0 Å². The van der Waals surface area contributed by atoms with Crippen LogP contribution in [0.2, 0.25) is 0 Å². The Hall–Kier alpha value is -0.770. The number of thioether (sulfide) groups is 1. The summed E-state index contributed by atoms with van der Waals surface area (Å²) in [6.07, 6.45) is 4.50. The number of hydrogen-bond acceptors (Lipinski definition) is 3. The highest BCUT2D eigenvalue weighted by molar-refractivity contribution is 7.99. The first kappa shape index (κ1) is 10.7. The molecule has 15 heavy (non-hydrogen) atoms. The van der Waals surface area contributed by atoms with Crippen molar-refractivity contribution in [2.24, 2.45) is 0 Å². The van der Waals surface area contributed by atoms with Crippen molar-refractivity contribution in [1.29, 1.82) is 0 Å². The van der Waals surface area contributed by atoms with Gasteiger partial charge in [0.05, 0.1) is 0 Å². The molecule has 82 valence electrons. The van der Waals surface area contributed by atoms with Crippen molar-refractivity contribution in [3.05, 3.63) is 22.1 Å². The van der Waals surface area contributed by atoms with Gasteiger partial charge in [0.1, 0.15) is 0 Å². The smallest absolute Gasteiger partial charge is 0.254 e. The zero-order valence-corrected chi connectivity index (χ0v) is 9.85. The molecule has 0 amide bonds. The first-order valence-electron chi connectivity index (χ1n) is 5.55. The molecular weight excluding hydrogens is 208 g/mol. The van der Waals surface area contributed by atoms with Gasteiger partial charge in [-0.3, -0.25) is 9.36 Å². The Morgan fingerprint density at radius 1 is 1.53 bits per heavy atom. The summed E-state index contributed by atoms with van der Waals surface area (Å²) in [5.74, 6) is 0.987. The molecule has 0 unspecified atom stereocenters. The zero-order chi connectivity index (χ0) is 10.7. The predicted octanol–water partition coefficient (Wildman–Crippen LogP) is 2.08. The van der Waals surface area contributed by atoms with E-state index in [0.717, 1.165) is 36.0 Å². The second kappa shape index (κ2) is 4.84. The van der Waals surface area contributed by atoms with E-state index in [0.29, 0.717) is 0 Å². The van der Waals surface area contributed by atoms with Crippen molar-refractivity contribution in [2.45, 2.75) is 44.3 Å². The molecule has 0 aliphatic carbocycles. The Bertz CT molecular complexity index is 400. The third kappa shape index (κ3) is 2.43. The Balaban J connectivity index is 2.13. The van der Waals surface area contributed by atoms with Crippen LogP contribution >= 0.6 is 11.8 Å². The minimum absolute atomic E-state index is 0.122. The maximum absolute atomic E-state index is 11.7. The number of unbranched alkanes of at least 4 members (excludes halogenated alkanes) is 2. The van der Waals surface area contributed by atoms with Gasteiger partial charge in [-0.05, 0) is 12.8 Å². The summed E-state index contributed by atoms with van der Waals surface area (Å²) in [4.78, 5) is 16.2. The van der Waals surface area contributed by atoms with Crippen LogP contribution in [0.15, 0.2) is 16.0 Å². The summed E-state index contributed by atoms with van der Waals surface area (Å²) in [6.45, 7) is 3.00. The topological polar surface area (TPSA) is 34.9 Å². The number of nitrogens with zero attached hydrogens (tertiary/aromatic N) is 2. The standard InChI is InChI=1S/C11H16N2OS/c1-2-3-4-5-9-8-10(14)13-6-7-15-11(13)12-9/h8H,2-7H2,1H3. The zero-order valence-electron chi connectivity index (χ0n) is 9.03. The molecule has 0 bridgehead atoms. The Kier molecular flexibility index (Phi) is 3.46. The molecule has 3 nitrogen and oxygen atoms in total. The van der Waals surface area contributed by atoms with Crippen molar-refractivity contribution in [3.8, 4) is 0 Å². The van der Waals surface area contributed by atoms with Gasteiger partial charge in [0, 0.05) is 24.1 Å². The molecule has 1 aromatic rings. The summed E-state index contributed by atoms with van der Waals surface area (Å²) in [6, 6.07) is 1.70. The Labute approximate surface area is 93.9 Å². The van der Waals surface area contributed by atoms with E-state index in [-0.39, 0.29) is 5.56 Å². The molecular formula is C11H16N2OS. The molecule has 0 saturated heterocycles. The van der Waals surface area contributed by atoms with Crippen LogP contribution in [-0.4, -0.2) is 15.3 Å². The number of hydrogen-bond donors (Lipinski definition) is 0. The van der Waals surface area contributed by atoms with Gasteiger partial charge >= 0.3 is 0 Å². The highest BCUT2D eigenvalue weighted by Gasteiger charge is 2.14. The van der Waals surface area contributed by atoms with Crippen LogP contribution < -0.4 is 5.56 Å². The number of rotatable bonds is 4. The van der Waals surface area contributed by atoms with Crippen LogP contribution in [0.4, 0.5) is 0 Å². The van der Waals surface area contributed by atoms with E-state index in [1.54, 1.807) is 22.4 Å². The summed E-state index contributed by atoms with van der Waals surface area (Å²) in [7, 11) is 0. The minimum Gasteiger partial charge on any atom is -0.287 e. The molecule has 0 saturated carbocycles. The van der Waals surface area contributed by atoms with Crippen LogP contribution in [0, 0.1) is 0 Å². The molecule has 1 aliphatic rings. The van der Waals surface area contributed by atoms with Crippen LogP contribution in [-0.2, 0) is 13.0 Å². The number of aromatic nitrogens is 2. The molecule has 0 fully saturated rings. The quantitative estimate of drug-likeness (QED) is 0.580. The second-order valence-electron chi connectivity index (χ2n) is 3.83. The highest BCUT2D eigenvalue weighted by atomic mass is 32.2. The molecule has 1 aromatic heterocycles. The first-order chi connectivity index (χ1) is 7.31. The van der Waals surface area contributed by atoms with Gasteiger partial charge in [-0.15, -0.1) is 0 Å². The fraction of sp³-hybridized carbons (Fsp3) is 0.636. The lowest BCUT2D eigenvalue weighted by molar-refractivity contribution is 0.629. The van der Waals surface area contributed by atoms with Gasteiger partial charge in [0.15, 0.2) is 5.16 Å². The maximum atomic E-state index is 11.7. The lowest BCUT2D eigenvalue weighted by Gasteiger charge is -2.04. The average Bonchev–Trinajstić information content (AvgIpc) is 2.66. The van der Waals surface area contributed by atoms with Crippen molar-refractivity contribution >= 4 is 11.8 Å². The predicted molar refractivity (Wildman–Crippen MR) is 62.5 cm³/mol. The third-order valence-electron chi connectivity index (χ3n) is 2.61. The number of aryl methyl sites for hydroxylation is 1. The van der Waals surface area contributed by atoms with E-state index in [9.17, 15) is 4.79 Å². The van der Waals surface area contributed by atoms with Crippen molar-refractivity contribution in [2.75, 3.05) is 5.75 Å². The van der Waals surface area contributed by atoms with Crippen LogP contribution in [0.5, 0.6) is 0 Å². The van der Waals surface area contributed by atoms with E-state index in [2.05, 4.69) is 11.9 Å². The normalized spacial score (nSPS) is 14.2. The van der Waals surface area contributed by atoms with Crippen molar-refractivity contribution < 1.29 is 0 Å². The monoisotopic (exact) mass is 224 g/mol. The maximum Gasteiger partial charge on any atom is 0.254 e. The van der Waals surface area contributed by atoms with E-state index >= 15 is 0 Å². The second-order valence-corrected chi connectivity index (χ2v) is 4.89. The summed E-state index contributed by atoms with van der Waals surface area (Å²) in [5, 5.41) is 0.911. The van der Waals surface area contributed by atoms with Crippen LogP contribution in [0.1, 0.15) is 31.9 Å². The van der Waals surface area contributed by atoms with Gasteiger partial charge in [-0.1, -0.05) is 31.5 Å². The lowest BCUT2D eigenvalue weighted by atomic mass is 10.1. The minimum atomic E-state index is 0.122. The van der Waals surface area contributed by atoms with Gasteiger partial charge in [0.2, 0.25) is 0 Å². The van der Waals surface area contributed by atoms with Crippen molar-refractivity contribution in [1.82, 2.24) is 9.55 Å². The number of fused-ring (bicyclic) bond motifs is 1. The summed E-state index contributed by atoms with van der Waals surface area (Å²) in [5.41, 5.74) is 1.09. The van der Waals surface area contributed by atoms with Gasteiger partial charge in [0.25, 0.3) is 5.56 Å². The first-order valence-corrected chi connectivity index (χ1v) is 6.53. The van der Waals surface area contributed by atoms with E-state index in [1.807, 2.05) is 0 Å². The lowest BCUT2D eigenvalue weighted by Crippen LogP contribution is -2.20. The fourth-order valence-corrected chi connectivity index (χ4v) is 2.73. The molecule has 4 heteroatoms. The summed E-state index contributed by atoms with van der Waals surface area (Å²) >= 11 is 1.69.